The van der Waals surface area contributed by atoms with Crippen molar-refractivity contribution in [2.45, 2.75) is 19.4 Å². The fourth-order valence-electron chi connectivity index (χ4n) is 2.50. The second kappa shape index (κ2) is 6.13. The number of benzene rings is 1. The van der Waals surface area contributed by atoms with Gasteiger partial charge in [-0.25, -0.2) is 4.79 Å². The first kappa shape index (κ1) is 14.7. The molecule has 0 bridgehead atoms. The minimum atomic E-state index is -0.0537. The number of carbonyl (C=O) groups excluding carboxylic acids is 1. The third kappa shape index (κ3) is 3.04. The van der Waals surface area contributed by atoms with Crippen LogP contribution in [0.4, 0.5) is 10.5 Å². The third-order valence-corrected chi connectivity index (χ3v) is 3.87. The lowest BCUT2D eigenvalue weighted by Gasteiger charge is -2.21. The quantitative estimate of drug-likeness (QED) is 0.921. The van der Waals surface area contributed by atoms with Crippen LogP contribution in [-0.2, 0) is 0 Å². The lowest BCUT2D eigenvalue weighted by Crippen LogP contribution is -2.37. The van der Waals surface area contributed by atoms with Gasteiger partial charge in [0.1, 0.15) is 5.75 Å². The van der Waals surface area contributed by atoms with Crippen molar-refractivity contribution in [1.29, 1.82) is 0 Å². The van der Waals surface area contributed by atoms with Crippen LogP contribution >= 0.6 is 0 Å². The van der Waals surface area contributed by atoms with Crippen molar-refractivity contribution in [3.63, 3.8) is 0 Å². The predicted octanol–water partition coefficient (Wildman–Crippen LogP) is 2.17. The minimum Gasteiger partial charge on any atom is -0.495 e. The summed E-state index contributed by atoms with van der Waals surface area (Å²) in [6, 6.07) is 6.13. The van der Waals surface area contributed by atoms with Crippen molar-refractivity contribution in [2.75, 3.05) is 39.6 Å². The van der Waals surface area contributed by atoms with Crippen LogP contribution in [0.1, 0.15) is 12.0 Å². The summed E-state index contributed by atoms with van der Waals surface area (Å²) in [7, 11) is 5.72. The minimum absolute atomic E-state index is 0.0537. The zero-order chi connectivity index (χ0) is 14.7. The summed E-state index contributed by atoms with van der Waals surface area (Å²) in [5.41, 5.74) is 1.76. The number of para-hydroxylation sites is 1. The van der Waals surface area contributed by atoms with Crippen LogP contribution in [0.3, 0.4) is 0 Å². The predicted molar refractivity (Wildman–Crippen MR) is 80.4 cm³/mol. The van der Waals surface area contributed by atoms with E-state index in [2.05, 4.69) is 24.3 Å². The summed E-state index contributed by atoms with van der Waals surface area (Å²) in [6.07, 6.45) is 1.02. The van der Waals surface area contributed by atoms with Gasteiger partial charge in [0.2, 0.25) is 0 Å². The number of nitrogens with zero attached hydrogens (tertiary/aromatic N) is 2. The molecule has 0 spiro atoms. The Labute approximate surface area is 120 Å². The summed E-state index contributed by atoms with van der Waals surface area (Å²) in [5, 5.41) is 2.97. The van der Waals surface area contributed by atoms with Gasteiger partial charge in [-0.3, -0.25) is 0 Å². The van der Waals surface area contributed by atoms with Gasteiger partial charge in [-0.15, -0.1) is 0 Å². The van der Waals surface area contributed by atoms with Gasteiger partial charge in [0.05, 0.1) is 12.8 Å². The van der Waals surface area contributed by atoms with Crippen LogP contribution in [0.25, 0.3) is 0 Å². The number of rotatable bonds is 3. The second-order valence-electron chi connectivity index (χ2n) is 5.43. The number of methoxy groups -OCH3 is 1. The number of likely N-dealkylation sites (tertiary alicyclic amines) is 1. The molecule has 1 fully saturated rings. The highest BCUT2D eigenvalue weighted by Gasteiger charge is 2.28. The van der Waals surface area contributed by atoms with E-state index in [1.165, 1.54) is 0 Å². The molecule has 0 aliphatic carbocycles. The van der Waals surface area contributed by atoms with Gasteiger partial charge in [-0.1, -0.05) is 12.1 Å². The maximum Gasteiger partial charge on any atom is 0.322 e. The maximum atomic E-state index is 12.3. The van der Waals surface area contributed by atoms with Crippen molar-refractivity contribution >= 4 is 11.7 Å². The molecule has 1 saturated heterocycles. The molecular weight excluding hydrogens is 254 g/mol. The molecule has 1 aromatic rings. The molecule has 5 nitrogen and oxygen atoms in total. The third-order valence-electron chi connectivity index (χ3n) is 3.87. The van der Waals surface area contributed by atoms with Crippen molar-refractivity contribution in [2.24, 2.45) is 0 Å². The SMILES string of the molecule is COc1cccc(C)c1NC(=O)N1CC[C@@H](N(C)C)C1. The van der Waals surface area contributed by atoms with Crippen LogP contribution in [0, 0.1) is 6.92 Å². The Bertz CT molecular complexity index is 488. The molecule has 0 unspecified atom stereocenters. The number of carbonyl (C=O) groups is 1. The smallest absolute Gasteiger partial charge is 0.322 e. The Morgan fingerprint density at radius 1 is 1.45 bits per heavy atom. The van der Waals surface area contributed by atoms with Crippen molar-refractivity contribution in [3.8, 4) is 5.75 Å². The molecule has 110 valence electrons. The first-order valence-corrected chi connectivity index (χ1v) is 6.89. The van der Waals surface area contributed by atoms with Gasteiger partial charge in [0.15, 0.2) is 0 Å². The molecule has 0 aromatic heterocycles. The van der Waals surface area contributed by atoms with E-state index in [-0.39, 0.29) is 6.03 Å². The molecule has 0 radical (unpaired) electrons. The molecule has 1 heterocycles. The monoisotopic (exact) mass is 277 g/mol. The van der Waals surface area contributed by atoms with Crippen LogP contribution in [0.15, 0.2) is 18.2 Å². The summed E-state index contributed by atoms with van der Waals surface area (Å²) < 4.78 is 5.31. The van der Waals surface area contributed by atoms with E-state index >= 15 is 0 Å². The molecule has 1 atom stereocenters. The Balaban J connectivity index is 2.06. The van der Waals surface area contributed by atoms with Gasteiger partial charge in [0, 0.05) is 19.1 Å². The van der Waals surface area contributed by atoms with Gasteiger partial charge >= 0.3 is 6.03 Å². The van der Waals surface area contributed by atoms with Gasteiger partial charge in [-0.05, 0) is 39.1 Å². The molecule has 2 rings (SSSR count). The van der Waals surface area contributed by atoms with Gasteiger partial charge < -0.3 is 19.9 Å². The van der Waals surface area contributed by atoms with E-state index in [9.17, 15) is 4.79 Å². The van der Waals surface area contributed by atoms with Crippen molar-refractivity contribution in [3.05, 3.63) is 23.8 Å². The fraction of sp³-hybridized carbons (Fsp3) is 0.533. The van der Waals surface area contributed by atoms with Crippen molar-refractivity contribution < 1.29 is 9.53 Å². The van der Waals surface area contributed by atoms with E-state index in [1.807, 2.05) is 30.0 Å². The molecule has 1 aliphatic rings. The molecule has 20 heavy (non-hydrogen) atoms. The number of hydrogen-bond donors (Lipinski definition) is 1. The summed E-state index contributed by atoms with van der Waals surface area (Å²) >= 11 is 0. The second-order valence-corrected chi connectivity index (χ2v) is 5.43. The first-order chi connectivity index (χ1) is 9.52. The first-order valence-electron chi connectivity index (χ1n) is 6.89. The number of amides is 2. The molecule has 1 N–H and O–H groups in total. The molecule has 1 aliphatic heterocycles. The average Bonchev–Trinajstić information content (AvgIpc) is 2.91. The highest BCUT2D eigenvalue weighted by atomic mass is 16.5. The summed E-state index contributed by atoms with van der Waals surface area (Å²) in [5.74, 6) is 0.696. The molecule has 5 heteroatoms. The molecule has 0 saturated carbocycles. The highest BCUT2D eigenvalue weighted by Crippen LogP contribution is 2.28. The van der Waals surface area contributed by atoms with E-state index in [1.54, 1.807) is 7.11 Å². The van der Waals surface area contributed by atoms with E-state index < -0.39 is 0 Å². The van der Waals surface area contributed by atoms with E-state index in [0.29, 0.717) is 11.8 Å². The van der Waals surface area contributed by atoms with E-state index in [4.69, 9.17) is 4.74 Å². The number of anilines is 1. The standard InChI is InChI=1S/C15H23N3O2/c1-11-6-5-7-13(20-4)14(11)16-15(19)18-9-8-12(10-18)17(2)3/h5-7,12H,8-10H2,1-4H3,(H,16,19)/t12-/m1/s1. The Hall–Kier alpha value is -1.75. The number of ether oxygens (including phenoxy) is 1. The van der Waals surface area contributed by atoms with Crippen LogP contribution in [0.2, 0.25) is 0 Å². The molecular formula is C15H23N3O2. The number of likely N-dealkylation sites (N-methyl/N-ethyl adjacent to an activating group) is 1. The Kier molecular flexibility index (Phi) is 4.49. The average molecular weight is 277 g/mol. The molecule has 1 aromatic carbocycles. The van der Waals surface area contributed by atoms with Crippen LogP contribution in [0.5, 0.6) is 5.75 Å². The highest BCUT2D eigenvalue weighted by molar-refractivity contribution is 5.92. The lowest BCUT2D eigenvalue weighted by atomic mass is 10.2. The fourth-order valence-corrected chi connectivity index (χ4v) is 2.50. The molecule has 2 amide bonds. The number of aryl methyl sites for hydroxylation is 1. The number of urea groups is 1. The normalized spacial score (nSPS) is 18.4. The Morgan fingerprint density at radius 3 is 2.80 bits per heavy atom. The van der Waals surface area contributed by atoms with E-state index in [0.717, 1.165) is 30.8 Å². The number of hydrogen-bond acceptors (Lipinski definition) is 3. The lowest BCUT2D eigenvalue weighted by molar-refractivity contribution is 0.216. The number of nitrogens with one attached hydrogen (secondary N) is 1. The van der Waals surface area contributed by atoms with Gasteiger partial charge in [0.25, 0.3) is 0 Å². The Morgan fingerprint density at radius 2 is 2.20 bits per heavy atom. The van der Waals surface area contributed by atoms with Crippen LogP contribution in [-0.4, -0.2) is 56.2 Å². The van der Waals surface area contributed by atoms with Gasteiger partial charge in [-0.2, -0.15) is 0 Å². The zero-order valence-electron chi connectivity index (χ0n) is 12.6. The summed E-state index contributed by atoms with van der Waals surface area (Å²) in [4.78, 5) is 16.4. The topological polar surface area (TPSA) is 44.8 Å². The maximum absolute atomic E-state index is 12.3. The zero-order valence-corrected chi connectivity index (χ0v) is 12.6. The van der Waals surface area contributed by atoms with Crippen LogP contribution < -0.4 is 10.1 Å². The largest absolute Gasteiger partial charge is 0.495 e. The van der Waals surface area contributed by atoms with Crippen molar-refractivity contribution in [1.82, 2.24) is 9.80 Å². The summed E-state index contributed by atoms with van der Waals surface area (Å²) in [6.45, 7) is 3.53.